The third kappa shape index (κ3) is 3.37. The average molecular weight is 489 g/mol. The fourth-order valence-corrected chi connectivity index (χ4v) is 8.03. The number of rotatable bonds is 8. The van der Waals surface area contributed by atoms with E-state index in [2.05, 4.69) is 75.6 Å². The second-order valence-corrected chi connectivity index (χ2v) is 12.1. The molecule has 4 fully saturated rings. The molecule has 2 atom stereocenters. The van der Waals surface area contributed by atoms with Crippen molar-refractivity contribution in [2.24, 2.45) is 5.41 Å². The highest BCUT2D eigenvalue weighted by atomic mass is 19.1. The van der Waals surface area contributed by atoms with Gasteiger partial charge in [-0.05, 0) is 73.8 Å². The van der Waals surface area contributed by atoms with E-state index < -0.39 is 0 Å². The molecule has 3 saturated carbocycles. The van der Waals surface area contributed by atoms with Gasteiger partial charge in [0, 0.05) is 60.1 Å². The number of aliphatic hydroxyl groups is 1. The van der Waals surface area contributed by atoms with Crippen LogP contribution in [0.3, 0.4) is 0 Å². The zero-order valence-electron chi connectivity index (χ0n) is 21.1. The maximum Gasteiger partial charge on any atom is 0.0906 e. The highest BCUT2D eigenvalue weighted by Crippen LogP contribution is 2.71. The predicted octanol–water partition coefficient (Wildman–Crippen LogP) is 4.87. The number of para-hydroxylation sites is 1. The average Bonchev–Trinajstić information content (AvgIpc) is 3.18. The van der Waals surface area contributed by atoms with Crippen LogP contribution < -0.4 is 5.32 Å². The van der Waals surface area contributed by atoms with Crippen molar-refractivity contribution < 1.29 is 9.50 Å². The number of anilines is 1. The van der Waals surface area contributed by atoms with Gasteiger partial charge in [-0.2, -0.15) is 0 Å². The van der Waals surface area contributed by atoms with Gasteiger partial charge in [0.05, 0.1) is 18.8 Å². The minimum absolute atomic E-state index is 0.180. The van der Waals surface area contributed by atoms with Gasteiger partial charge in [0.25, 0.3) is 0 Å². The summed E-state index contributed by atoms with van der Waals surface area (Å²) in [4.78, 5) is 8.93. The van der Waals surface area contributed by atoms with Crippen LogP contribution >= 0.6 is 0 Å². The fraction of sp³-hybridized carbons (Fsp3) is 0.533. The van der Waals surface area contributed by atoms with E-state index in [1.807, 2.05) is 0 Å². The van der Waals surface area contributed by atoms with Crippen LogP contribution in [0.5, 0.6) is 0 Å². The summed E-state index contributed by atoms with van der Waals surface area (Å²) in [6, 6.07) is 18.9. The van der Waals surface area contributed by atoms with Crippen molar-refractivity contribution in [3.8, 4) is 0 Å². The molecule has 3 N–H and O–H groups in total. The molecular weight excluding hydrogens is 451 g/mol. The Morgan fingerprint density at radius 1 is 1.08 bits per heavy atom. The summed E-state index contributed by atoms with van der Waals surface area (Å²) >= 11 is 0. The van der Waals surface area contributed by atoms with Gasteiger partial charge >= 0.3 is 0 Å². The van der Waals surface area contributed by atoms with Gasteiger partial charge in [-0.3, -0.25) is 14.2 Å². The lowest BCUT2D eigenvalue weighted by Crippen LogP contribution is -2.77. The Hall–Kier alpha value is -2.41. The molecule has 190 valence electrons. The van der Waals surface area contributed by atoms with Gasteiger partial charge in [-0.1, -0.05) is 30.3 Å². The summed E-state index contributed by atoms with van der Waals surface area (Å²) in [6.07, 6.45) is 5.05. The molecule has 8 rings (SSSR count). The number of benzene rings is 2. The molecule has 5 aliphatic rings. The number of likely N-dealkylation sites (tertiary alicyclic amines) is 1. The summed E-state index contributed by atoms with van der Waals surface area (Å²) in [5.41, 5.74) is 6.93. The zero-order valence-corrected chi connectivity index (χ0v) is 21.1. The number of fused-ring (bicyclic) bond motifs is 3. The third-order valence-corrected chi connectivity index (χ3v) is 9.53. The van der Waals surface area contributed by atoms with Gasteiger partial charge in [0.1, 0.15) is 0 Å². The van der Waals surface area contributed by atoms with Crippen LogP contribution in [-0.2, 0) is 6.42 Å². The number of hydrogen-bond acceptors (Lipinski definition) is 4. The monoisotopic (exact) mass is 488 g/mol. The topological polar surface area (TPSA) is 54.5 Å². The van der Waals surface area contributed by atoms with Crippen molar-refractivity contribution >= 4 is 16.6 Å². The summed E-state index contributed by atoms with van der Waals surface area (Å²) in [5.74, 6) is 0. The van der Waals surface area contributed by atoms with Crippen LogP contribution in [0.25, 0.3) is 10.9 Å². The summed E-state index contributed by atoms with van der Waals surface area (Å²) < 4.78 is 12.4. The first-order chi connectivity index (χ1) is 17.5. The van der Waals surface area contributed by atoms with Gasteiger partial charge in [0.2, 0.25) is 0 Å². The van der Waals surface area contributed by atoms with Crippen molar-refractivity contribution in [3.63, 3.8) is 0 Å². The Morgan fingerprint density at radius 3 is 2.56 bits per heavy atom. The molecule has 0 spiro atoms. The largest absolute Gasteiger partial charge is 0.396 e. The van der Waals surface area contributed by atoms with Gasteiger partial charge in [0.15, 0.2) is 0 Å². The Balaban J connectivity index is 1.18. The molecule has 3 heterocycles. The number of aromatic nitrogens is 1. The van der Waals surface area contributed by atoms with E-state index in [1.165, 1.54) is 27.7 Å². The van der Waals surface area contributed by atoms with Gasteiger partial charge in [-0.15, -0.1) is 0 Å². The maximum absolute atomic E-state index is 12.4. The van der Waals surface area contributed by atoms with Crippen LogP contribution in [-0.4, -0.2) is 70.4 Å². The predicted molar refractivity (Wildman–Crippen MR) is 142 cm³/mol. The molecule has 3 aliphatic carbocycles. The maximum atomic E-state index is 12.4. The first-order valence-electron chi connectivity index (χ1n) is 13.7. The van der Waals surface area contributed by atoms with E-state index >= 15 is 0 Å². The standard InChI is InChI=1S/C30H37FN4O/c1-20-13-25-24-5-2-3-6-26(24)33-27(25)28(35(20)30-16-29(17-30,18-30)19-36)21-7-9-22(10-8-21)32-23-14-34(15-23)12-4-11-31/h2-3,5-10,20,23,28,32-33,36H,4,11-19H2,1H3/t20-,28-,29?,30?/m0/s1. The molecule has 2 aliphatic heterocycles. The summed E-state index contributed by atoms with van der Waals surface area (Å²) in [7, 11) is 0. The highest BCUT2D eigenvalue weighted by molar-refractivity contribution is 5.85. The molecule has 3 aromatic rings. The number of hydrogen-bond donors (Lipinski definition) is 3. The SMILES string of the molecule is C[C@H]1Cc2c([nH]c3ccccc23)[C@H](c2ccc(NC3CN(CCCF)C3)cc2)N1C12CC(CO)(C1)C2. The van der Waals surface area contributed by atoms with Gasteiger partial charge in [-0.25, -0.2) is 0 Å². The van der Waals surface area contributed by atoms with Crippen molar-refractivity contribution in [1.29, 1.82) is 0 Å². The molecule has 6 heteroatoms. The molecule has 0 radical (unpaired) electrons. The lowest BCUT2D eigenvalue weighted by Gasteiger charge is -2.76. The lowest BCUT2D eigenvalue weighted by molar-refractivity contribution is -0.254. The summed E-state index contributed by atoms with van der Waals surface area (Å²) in [5, 5.41) is 15.0. The number of aromatic amines is 1. The fourth-order valence-electron chi connectivity index (χ4n) is 8.03. The molecule has 1 saturated heterocycles. The van der Waals surface area contributed by atoms with Crippen LogP contribution in [0, 0.1) is 5.41 Å². The normalized spacial score (nSPS) is 32.0. The minimum atomic E-state index is -0.229. The van der Waals surface area contributed by atoms with E-state index in [1.54, 1.807) is 0 Å². The van der Waals surface area contributed by atoms with Crippen molar-refractivity contribution in [2.75, 3.05) is 38.2 Å². The first kappa shape index (κ1) is 22.8. The number of nitrogens with zero attached hydrogens (tertiary/aromatic N) is 2. The number of halogens is 1. The van der Waals surface area contributed by atoms with Crippen LogP contribution in [0.1, 0.15) is 55.5 Å². The minimum Gasteiger partial charge on any atom is -0.396 e. The quantitative estimate of drug-likeness (QED) is 0.423. The molecule has 5 nitrogen and oxygen atoms in total. The number of nitrogens with one attached hydrogen (secondary N) is 2. The van der Waals surface area contributed by atoms with Crippen LogP contribution in [0.4, 0.5) is 10.1 Å². The van der Waals surface area contributed by atoms with E-state index in [0.717, 1.165) is 51.0 Å². The third-order valence-electron chi connectivity index (χ3n) is 9.53. The Labute approximate surface area is 212 Å². The Morgan fingerprint density at radius 2 is 1.83 bits per heavy atom. The Kier molecular flexibility index (Phi) is 5.25. The lowest BCUT2D eigenvalue weighted by atomic mass is 9.38. The van der Waals surface area contributed by atoms with E-state index in [4.69, 9.17) is 0 Å². The van der Waals surface area contributed by atoms with Crippen molar-refractivity contribution in [3.05, 3.63) is 65.4 Å². The van der Waals surface area contributed by atoms with E-state index in [0.29, 0.717) is 25.1 Å². The molecule has 1 aromatic heterocycles. The second kappa shape index (κ2) is 8.30. The highest BCUT2D eigenvalue weighted by Gasteiger charge is 2.71. The van der Waals surface area contributed by atoms with E-state index in [-0.39, 0.29) is 23.7 Å². The second-order valence-electron chi connectivity index (χ2n) is 12.1. The molecule has 36 heavy (non-hydrogen) atoms. The van der Waals surface area contributed by atoms with Gasteiger partial charge < -0.3 is 15.4 Å². The number of H-pyrrole nitrogens is 1. The van der Waals surface area contributed by atoms with Crippen LogP contribution in [0.2, 0.25) is 0 Å². The van der Waals surface area contributed by atoms with Crippen LogP contribution in [0.15, 0.2) is 48.5 Å². The number of aliphatic hydroxyl groups excluding tert-OH is 1. The zero-order chi connectivity index (χ0) is 24.5. The Bertz CT molecular complexity index is 1240. The molecule has 2 bridgehead atoms. The van der Waals surface area contributed by atoms with Crippen molar-refractivity contribution in [1.82, 2.24) is 14.8 Å². The number of alkyl halides is 1. The molecule has 0 amide bonds. The van der Waals surface area contributed by atoms with Crippen molar-refractivity contribution in [2.45, 2.75) is 62.7 Å². The first-order valence-corrected chi connectivity index (χ1v) is 13.7. The smallest absolute Gasteiger partial charge is 0.0906 e. The van der Waals surface area contributed by atoms with E-state index in [9.17, 15) is 9.50 Å². The summed E-state index contributed by atoms with van der Waals surface area (Å²) in [6.45, 7) is 5.33. The molecule has 2 aromatic carbocycles. The molecule has 0 unspecified atom stereocenters. The molecular formula is C30H37FN4O.